The van der Waals surface area contributed by atoms with Crippen LogP contribution in [0.5, 0.6) is 5.75 Å². The van der Waals surface area contributed by atoms with Gasteiger partial charge in [-0.3, -0.25) is 0 Å². The number of hydrogen-bond acceptors (Lipinski definition) is 5. The molecule has 0 spiro atoms. The van der Waals surface area contributed by atoms with E-state index in [4.69, 9.17) is 9.26 Å². The number of methoxy groups -OCH3 is 1. The highest BCUT2D eigenvalue weighted by Crippen LogP contribution is 2.27. The third kappa shape index (κ3) is 2.27. The van der Waals surface area contributed by atoms with Gasteiger partial charge in [0.1, 0.15) is 11.6 Å². The molecule has 0 fully saturated rings. The van der Waals surface area contributed by atoms with Gasteiger partial charge in [0, 0.05) is 12.4 Å². The van der Waals surface area contributed by atoms with Crippen LogP contribution >= 0.6 is 0 Å². The predicted octanol–water partition coefficient (Wildman–Crippen LogP) is 2.30. The molecule has 0 saturated carbocycles. The van der Waals surface area contributed by atoms with Gasteiger partial charge in [0.2, 0.25) is 0 Å². The second kappa shape index (κ2) is 5.16. The highest BCUT2D eigenvalue weighted by molar-refractivity contribution is 5.62. The molecule has 2 aromatic heterocycles. The van der Waals surface area contributed by atoms with Gasteiger partial charge in [-0.1, -0.05) is 17.3 Å². The van der Waals surface area contributed by atoms with Crippen molar-refractivity contribution in [1.82, 2.24) is 19.7 Å². The van der Waals surface area contributed by atoms with Gasteiger partial charge in [0.05, 0.1) is 19.2 Å². The molecule has 0 aliphatic heterocycles. The van der Waals surface area contributed by atoms with Crippen molar-refractivity contribution in [3.8, 4) is 17.2 Å². The van der Waals surface area contributed by atoms with Crippen molar-refractivity contribution in [1.29, 1.82) is 0 Å². The van der Waals surface area contributed by atoms with Gasteiger partial charge >= 0.3 is 0 Å². The lowest BCUT2D eigenvalue weighted by atomic mass is 10.2. The number of para-hydroxylation sites is 1. The number of hydrogen-bond donors (Lipinski definition) is 0. The Bertz CT molecular complexity index is 717. The lowest BCUT2D eigenvalue weighted by Gasteiger charge is -2.03. The zero-order valence-corrected chi connectivity index (χ0v) is 11.3. The SMILES string of the molecule is COc1ccccc1-c1nc(Cn2ccnc2C)no1. The van der Waals surface area contributed by atoms with Gasteiger partial charge in [0.25, 0.3) is 5.89 Å². The maximum Gasteiger partial charge on any atom is 0.261 e. The molecule has 0 aliphatic carbocycles. The molecular weight excluding hydrogens is 256 g/mol. The summed E-state index contributed by atoms with van der Waals surface area (Å²) in [5, 5.41) is 3.99. The minimum absolute atomic E-state index is 0.454. The topological polar surface area (TPSA) is 66.0 Å². The van der Waals surface area contributed by atoms with Crippen LogP contribution in [0.2, 0.25) is 0 Å². The van der Waals surface area contributed by atoms with Crippen LogP contribution in [0.4, 0.5) is 0 Å². The predicted molar refractivity (Wildman–Crippen MR) is 72.4 cm³/mol. The average Bonchev–Trinajstić information content (AvgIpc) is 3.09. The van der Waals surface area contributed by atoms with Crippen LogP contribution in [-0.2, 0) is 6.54 Å². The van der Waals surface area contributed by atoms with Gasteiger partial charge in [-0.25, -0.2) is 4.98 Å². The molecule has 1 aromatic carbocycles. The molecule has 20 heavy (non-hydrogen) atoms. The second-order valence-corrected chi connectivity index (χ2v) is 4.32. The van der Waals surface area contributed by atoms with E-state index in [0.717, 1.165) is 11.4 Å². The first kappa shape index (κ1) is 12.4. The molecule has 6 heteroatoms. The smallest absolute Gasteiger partial charge is 0.261 e. The third-order valence-electron chi connectivity index (χ3n) is 3.04. The summed E-state index contributed by atoms with van der Waals surface area (Å²) in [6.45, 7) is 2.46. The molecule has 0 aliphatic rings. The van der Waals surface area contributed by atoms with Crippen molar-refractivity contribution in [2.45, 2.75) is 13.5 Å². The molecule has 0 unspecified atom stereocenters. The highest BCUT2D eigenvalue weighted by Gasteiger charge is 2.13. The summed E-state index contributed by atoms with van der Waals surface area (Å²) in [6, 6.07) is 7.55. The monoisotopic (exact) mass is 270 g/mol. The fourth-order valence-electron chi connectivity index (χ4n) is 1.97. The number of ether oxygens (including phenoxy) is 1. The van der Waals surface area contributed by atoms with E-state index in [2.05, 4.69) is 15.1 Å². The summed E-state index contributed by atoms with van der Waals surface area (Å²) >= 11 is 0. The fourth-order valence-corrected chi connectivity index (χ4v) is 1.97. The lowest BCUT2D eigenvalue weighted by Crippen LogP contribution is -2.02. The van der Waals surface area contributed by atoms with Crippen molar-refractivity contribution in [2.75, 3.05) is 7.11 Å². The molecule has 3 rings (SSSR count). The van der Waals surface area contributed by atoms with Crippen LogP contribution in [0.1, 0.15) is 11.6 Å². The van der Waals surface area contributed by atoms with Crippen LogP contribution in [0, 0.1) is 6.92 Å². The Morgan fingerprint density at radius 3 is 2.90 bits per heavy atom. The Morgan fingerprint density at radius 1 is 1.30 bits per heavy atom. The molecule has 0 saturated heterocycles. The van der Waals surface area contributed by atoms with Crippen molar-refractivity contribution in [3.05, 3.63) is 48.3 Å². The van der Waals surface area contributed by atoms with E-state index in [1.165, 1.54) is 0 Å². The minimum atomic E-state index is 0.454. The number of aromatic nitrogens is 4. The fraction of sp³-hybridized carbons (Fsp3) is 0.214. The maximum absolute atomic E-state index is 5.31. The first-order valence-electron chi connectivity index (χ1n) is 6.21. The summed E-state index contributed by atoms with van der Waals surface area (Å²) in [4.78, 5) is 8.56. The Hall–Kier alpha value is -2.63. The lowest BCUT2D eigenvalue weighted by molar-refractivity contribution is 0.402. The quantitative estimate of drug-likeness (QED) is 0.727. The molecule has 2 heterocycles. The summed E-state index contributed by atoms with van der Waals surface area (Å²) in [7, 11) is 1.62. The number of imidazole rings is 1. The number of rotatable bonds is 4. The van der Waals surface area contributed by atoms with Crippen molar-refractivity contribution in [3.63, 3.8) is 0 Å². The average molecular weight is 270 g/mol. The van der Waals surface area contributed by atoms with Crippen LogP contribution in [0.25, 0.3) is 11.5 Å². The first-order valence-corrected chi connectivity index (χ1v) is 6.21. The molecule has 0 amide bonds. The normalized spacial score (nSPS) is 10.7. The Balaban J connectivity index is 1.89. The van der Waals surface area contributed by atoms with Crippen molar-refractivity contribution >= 4 is 0 Å². The molecule has 102 valence electrons. The number of aryl methyl sites for hydroxylation is 1. The van der Waals surface area contributed by atoms with E-state index in [-0.39, 0.29) is 0 Å². The third-order valence-corrected chi connectivity index (χ3v) is 3.04. The minimum Gasteiger partial charge on any atom is -0.496 e. The van der Waals surface area contributed by atoms with E-state index < -0.39 is 0 Å². The van der Waals surface area contributed by atoms with Gasteiger partial charge in [-0.15, -0.1) is 0 Å². The molecule has 0 bridgehead atoms. The number of nitrogens with zero attached hydrogens (tertiary/aromatic N) is 4. The van der Waals surface area contributed by atoms with Crippen LogP contribution < -0.4 is 4.74 Å². The van der Waals surface area contributed by atoms with Crippen LogP contribution in [-0.4, -0.2) is 26.8 Å². The zero-order chi connectivity index (χ0) is 13.9. The zero-order valence-electron chi connectivity index (χ0n) is 11.3. The van der Waals surface area contributed by atoms with Gasteiger partial charge in [-0.2, -0.15) is 4.98 Å². The van der Waals surface area contributed by atoms with Crippen molar-refractivity contribution in [2.24, 2.45) is 0 Å². The Kier molecular flexibility index (Phi) is 3.20. The van der Waals surface area contributed by atoms with E-state index in [0.29, 0.717) is 24.0 Å². The molecule has 6 nitrogen and oxygen atoms in total. The van der Waals surface area contributed by atoms with E-state index in [1.807, 2.05) is 42.0 Å². The molecule has 0 atom stereocenters. The summed E-state index contributed by atoms with van der Waals surface area (Å²) in [5.41, 5.74) is 0.788. The van der Waals surface area contributed by atoms with Gasteiger partial charge in [-0.05, 0) is 19.1 Å². The Morgan fingerprint density at radius 2 is 2.15 bits per heavy atom. The largest absolute Gasteiger partial charge is 0.496 e. The highest BCUT2D eigenvalue weighted by atomic mass is 16.5. The number of benzene rings is 1. The standard InChI is InChI=1S/C14H14N4O2/c1-10-15-7-8-18(10)9-13-16-14(20-17-13)11-5-3-4-6-12(11)19-2/h3-8H,9H2,1-2H3. The van der Waals surface area contributed by atoms with E-state index in [9.17, 15) is 0 Å². The summed E-state index contributed by atoms with van der Waals surface area (Å²) < 4.78 is 12.6. The Labute approximate surface area is 116 Å². The summed E-state index contributed by atoms with van der Waals surface area (Å²) in [5.74, 6) is 2.68. The maximum atomic E-state index is 5.31. The van der Waals surface area contributed by atoms with Crippen molar-refractivity contribution < 1.29 is 9.26 Å². The molecule has 3 aromatic rings. The molecular formula is C14H14N4O2. The van der Waals surface area contributed by atoms with E-state index >= 15 is 0 Å². The first-order chi connectivity index (χ1) is 9.78. The van der Waals surface area contributed by atoms with Gasteiger partial charge in [0.15, 0.2) is 5.82 Å². The van der Waals surface area contributed by atoms with Crippen LogP contribution in [0.3, 0.4) is 0 Å². The molecule has 0 N–H and O–H groups in total. The molecule has 0 radical (unpaired) electrons. The van der Waals surface area contributed by atoms with Crippen LogP contribution in [0.15, 0.2) is 41.2 Å². The van der Waals surface area contributed by atoms with E-state index in [1.54, 1.807) is 13.3 Å². The van der Waals surface area contributed by atoms with Gasteiger partial charge < -0.3 is 13.8 Å². The second-order valence-electron chi connectivity index (χ2n) is 4.32. The summed E-state index contributed by atoms with van der Waals surface area (Å²) in [6.07, 6.45) is 3.63.